The van der Waals surface area contributed by atoms with E-state index in [0.717, 1.165) is 4.88 Å². The first kappa shape index (κ1) is 15.2. The van der Waals surface area contributed by atoms with Crippen molar-refractivity contribution in [2.75, 3.05) is 5.32 Å². The van der Waals surface area contributed by atoms with Gasteiger partial charge in [-0.15, -0.1) is 11.3 Å². The molecule has 0 aliphatic rings. The lowest BCUT2D eigenvalue weighted by atomic mass is 10.2. The van der Waals surface area contributed by atoms with E-state index in [1.54, 1.807) is 19.1 Å². The van der Waals surface area contributed by atoms with Crippen LogP contribution >= 0.6 is 11.3 Å². The second-order valence-electron chi connectivity index (χ2n) is 4.22. The Bertz CT molecular complexity index is 644. The Kier molecular flexibility index (Phi) is 4.12. The van der Waals surface area contributed by atoms with Crippen molar-refractivity contribution in [1.82, 2.24) is 4.98 Å². The zero-order chi connectivity index (χ0) is 15.6. The summed E-state index contributed by atoms with van der Waals surface area (Å²) in [7, 11) is 0. The molecule has 1 unspecified atom stereocenters. The third kappa shape index (κ3) is 3.48. The molecule has 0 bridgehead atoms. The van der Waals surface area contributed by atoms with Crippen LogP contribution in [0.15, 0.2) is 29.8 Å². The van der Waals surface area contributed by atoms with Gasteiger partial charge in [0.15, 0.2) is 0 Å². The zero-order valence-corrected chi connectivity index (χ0v) is 11.5. The predicted octanol–water partition coefficient (Wildman–Crippen LogP) is 4.24. The third-order valence-corrected chi connectivity index (χ3v) is 3.77. The molecule has 0 fully saturated rings. The Morgan fingerprint density at radius 3 is 2.71 bits per heavy atom. The van der Waals surface area contributed by atoms with Crippen molar-refractivity contribution >= 4 is 22.7 Å². The molecule has 0 saturated carbocycles. The van der Waals surface area contributed by atoms with Crippen LogP contribution in [0.2, 0.25) is 0 Å². The minimum absolute atomic E-state index is 0.205. The van der Waals surface area contributed by atoms with Crippen LogP contribution in [0.1, 0.15) is 23.5 Å². The first-order valence-electron chi connectivity index (χ1n) is 5.80. The summed E-state index contributed by atoms with van der Waals surface area (Å²) in [5.74, 6) is 0. The number of thiophene rings is 1. The molecule has 0 aromatic carbocycles. The summed E-state index contributed by atoms with van der Waals surface area (Å²) >= 11 is 1.40. The number of nitrogens with zero attached hydrogens (tertiary/aromatic N) is 2. The molecule has 0 aliphatic heterocycles. The van der Waals surface area contributed by atoms with Crippen LogP contribution in [0.5, 0.6) is 0 Å². The smallest absolute Gasteiger partial charge is 0.372 e. The van der Waals surface area contributed by atoms with Crippen molar-refractivity contribution in [3.8, 4) is 0 Å². The van der Waals surface area contributed by atoms with Gasteiger partial charge in [-0.25, -0.2) is 4.98 Å². The van der Waals surface area contributed by atoms with Crippen LogP contribution in [-0.4, -0.2) is 9.91 Å². The number of rotatable bonds is 4. The van der Waals surface area contributed by atoms with Crippen molar-refractivity contribution in [2.24, 2.45) is 0 Å². The highest BCUT2D eigenvalue weighted by Crippen LogP contribution is 2.34. The molecule has 9 heteroatoms. The maximum Gasteiger partial charge on any atom is 0.433 e. The van der Waals surface area contributed by atoms with Crippen molar-refractivity contribution in [2.45, 2.75) is 19.1 Å². The van der Waals surface area contributed by atoms with Crippen LogP contribution in [-0.2, 0) is 6.18 Å². The normalized spacial score (nSPS) is 13.0. The van der Waals surface area contributed by atoms with E-state index >= 15 is 0 Å². The molecule has 0 saturated heterocycles. The second-order valence-corrected chi connectivity index (χ2v) is 5.20. The average molecular weight is 317 g/mol. The summed E-state index contributed by atoms with van der Waals surface area (Å²) in [4.78, 5) is 14.1. The Morgan fingerprint density at radius 1 is 1.48 bits per heavy atom. The van der Waals surface area contributed by atoms with E-state index in [1.807, 2.05) is 5.38 Å². The number of nitrogens with one attached hydrogen (secondary N) is 1. The van der Waals surface area contributed by atoms with Gasteiger partial charge in [0.25, 0.3) is 0 Å². The summed E-state index contributed by atoms with van der Waals surface area (Å²) in [5, 5.41) is 15.4. The summed E-state index contributed by atoms with van der Waals surface area (Å²) in [5.41, 5.74) is -1.87. The van der Waals surface area contributed by atoms with Gasteiger partial charge in [-0.1, -0.05) is 6.07 Å². The first-order chi connectivity index (χ1) is 9.79. The Hall–Kier alpha value is -2.16. The molecule has 2 aromatic heterocycles. The number of alkyl halides is 3. The van der Waals surface area contributed by atoms with Gasteiger partial charge in [0.05, 0.1) is 11.0 Å². The van der Waals surface area contributed by atoms with Gasteiger partial charge in [-0.3, -0.25) is 10.1 Å². The van der Waals surface area contributed by atoms with E-state index in [2.05, 4.69) is 10.3 Å². The predicted molar refractivity (Wildman–Crippen MR) is 72.3 cm³/mol. The van der Waals surface area contributed by atoms with Gasteiger partial charge in [-0.2, -0.15) is 13.2 Å². The lowest BCUT2D eigenvalue weighted by Gasteiger charge is -2.15. The minimum Gasteiger partial charge on any atom is -0.372 e. The molecule has 21 heavy (non-hydrogen) atoms. The van der Waals surface area contributed by atoms with Crippen LogP contribution in [0.3, 0.4) is 0 Å². The Labute approximate surface area is 121 Å². The molecule has 1 N–H and O–H groups in total. The number of anilines is 1. The lowest BCUT2D eigenvalue weighted by Crippen LogP contribution is -2.12. The molecule has 5 nitrogen and oxygen atoms in total. The summed E-state index contributed by atoms with van der Waals surface area (Å²) in [6.07, 6.45) is -4.04. The van der Waals surface area contributed by atoms with Gasteiger partial charge in [0, 0.05) is 4.88 Å². The third-order valence-electron chi connectivity index (χ3n) is 2.71. The minimum atomic E-state index is -4.66. The maximum absolute atomic E-state index is 12.7. The topological polar surface area (TPSA) is 68.1 Å². The number of nitro groups is 1. The summed E-state index contributed by atoms with van der Waals surface area (Å²) in [6.45, 7) is 1.71. The molecule has 2 aromatic rings. The lowest BCUT2D eigenvalue weighted by molar-refractivity contribution is -0.384. The molecule has 1 atom stereocenters. The molecule has 2 heterocycles. The number of halogens is 3. The molecule has 2 rings (SSSR count). The van der Waals surface area contributed by atoms with Crippen LogP contribution in [0.25, 0.3) is 0 Å². The largest absolute Gasteiger partial charge is 0.433 e. The number of pyridine rings is 1. The average Bonchev–Trinajstić information content (AvgIpc) is 2.91. The standard InChI is InChI=1S/C12H10F3N3O2S/c1-7(10-3-2-4-21-10)17-8-5-11(12(13,14)15)16-6-9(8)18(19)20/h2-7H,1H3,(H,16,17). The highest BCUT2D eigenvalue weighted by molar-refractivity contribution is 7.10. The van der Waals surface area contributed by atoms with E-state index in [0.29, 0.717) is 12.3 Å². The fraction of sp³-hybridized carbons (Fsp3) is 0.250. The molecular weight excluding hydrogens is 307 g/mol. The molecule has 0 radical (unpaired) electrons. The van der Waals surface area contributed by atoms with E-state index in [1.165, 1.54) is 11.3 Å². The first-order valence-corrected chi connectivity index (χ1v) is 6.68. The number of hydrogen-bond donors (Lipinski definition) is 1. The van der Waals surface area contributed by atoms with Crippen molar-refractivity contribution in [3.05, 3.63) is 50.5 Å². The Balaban J connectivity index is 2.37. The fourth-order valence-electron chi connectivity index (χ4n) is 1.71. The Morgan fingerprint density at radius 2 is 2.19 bits per heavy atom. The molecule has 0 aliphatic carbocycles. The number of aromatic nitrogens is 1. The highest BCUT2D eigenvalue weighted by Gasteiger charge is 2.34. The van der Waals surface area contributed by atoms with Gasteiger partial charge in [-0.05, 0) is 24.4 Å². The van der Waals surface area contributed by atoms with Crippen LogP contribution < -0.4 is 5.32 Å². The molecule has 0 spiro atoms. The molecule has 0 amide bonds. The van der Waals surface area contributed by atoms with Crippen molar-refractivity contribution in [3.63, 3.8) is 0 Å². The van der Waals surface area contributed by atoms with Crippen LogP contribution in [0.4, 0.5) is 24.5 Å². The number of hydrogen-bond acceptors (Lipinski definition) is 5. The van der Waals surface area contributed by atoms with Crippen LogP contribution in [0, 0.1) is 10.1 Å². The molecular formula is C12H10F3N3O2S. The van der Waals surface area contributed by atoms with Gasteiger partial charge < -0.3 is 5.32 Å². The van der Waals surface area contributed by atoms with Gasteiger partial charge >= 0.3 is 11.9 Å². The van der Waals surface area contributed by atoms with Gasteiger partial charge in [0.2, 0.25) is 0 Å². The van der Waals surface area contributed by atoms with Crippen molar-refractivity contribution in [1.29, 1.82) is 0 Å². The van der Waals surface area contributed by atoms with Gasteiger partial charge in [0.1, 0.15) is 17.6 Å². The van der Waals surface area contributed by atoms with E-state index in [-0.39, 0.29) is 11.7 Å². The second kappa shape index (κ2) is 5.68. The van der Waals surface area contributed by atoms with E-state index in [9.17, 15) is 23.3 Å². The monoisotopic (exact) mass is 317 g/mol. The van der Waals surface area contributed by atoms with E-state index in [4.69, 9.17) is 0 Å². The maximum atomic E-state index is 12.7. The SMILES string of the molecule is CC(Nc1cc(C(F)(F)F)ncc1[N+](=O)[O-])c1cccs1. The van der Waals surface area contributed by atoms with Crippen molar-refractivity contribution < 1.29 is 18.1 Å². The fourth-order valence-corrected chi connectivity index (χ4v) is 2.44. The summed E-state index contributed by atoms with van der Waals surface area (Å²) < 4.78 is 38.0. The summed E-state index contributed by atoms with van der Waals surface area (Å²) in [6, 6.07) is 3.88. The molecule has 112 valence electrons. The highest BCUT2D eigenvalue weighted by atomic mass is 32.1. The zero-order valence-electron chi connectivity index (χ0n) is 10.7. The van der Waals surface area contributed by atoms with E-state index < -0.39 is 22.5 Å². The quantitative estimate of drug-likeness (QED) is 0.676.